The van der Waals surface area contributed by atoms with E-state index in [2.05, 4.69) is 16.1 Å². The molecule has 2 aromatic rings. The van der Waals surface area contributed by atoms with Crippen LogP contribution in [0.2, 0.25) is 0 Å². The predicted molar refractivity (Wildman–Crippen MR) is 31.8 cm³/mol. The van der Waals surface area contributed by atoms with Gasteiger partial charge < -0.3 is 0 Å². The molecule has 0 spiro atoms. The van der Waals surface area contributed by atoms with Gasteiger partial charge in [0.15, 0.2) is 5.65 Å². The average molecular weight is 118 g/mol. The number of hydrogen-bond donors (Lipinski definition) is 0. The maximum atomic E-state index is 3.94. The lowest BCUT2D eigenvalue weighted by atomic mass is 10.5. The van der Waals surface area contributed by atoms with Gasteiger partial charge in [-0.05, 0) is 18.2 Å². The van der Waals surface area contributed by atoms with E-state index in [0.29, 0.717) is 0 Å². The van der Waals surface area contributed by atoms with Crippen LogP contribution < -0.4 is 0 Å². The molecule has 3 heteroatoms. The summed E-state index contributed by atoms with van der Waals surface area (Å²) >= 11 is 0. The van der Waals surface area contributed by atoms with Crippen molar-refractivity contribution in [3.8, 4) is 0 Å². The summed E-state index contributed by atoms with van der Waals surface area (Å²) in [7, 11) is 0. The van der Waals surface area contributed by atoms with Gasteiger partial charge in [0, 0.05) is 6.20 Å². The third-order valence-electron chi connectivity index (χ3n) is 1.13. The molecule has 0 fully saturated rings. The smallest absolute Gasteiger partial charge is 0.155 e. The molecule has 0 saturated heterocycles. The van der Waals surface area contributed by atoms with Crippen LogP contribution in [0, 0.1) is 6.07 Å². The number of fused-ring (bicyclic) bond motifs is 1. The van der Waals surface area contributed by atoms with Gasteiger partial charge >= 0.3 is 0 Å². The van der Waals surface area contributed by atoms with E-state index in [1.165, 1.54) is 6.33 Å². The summed E-state index contributed by atoms with van der Waals surface area (Å²) in [6.45, 7) is 0. The highest BCUT2D eigenvalue weighted by atomic mass is 15.3. The number of hydrogen-bond acceptors (Lipinski definition) is 2. The lowest BCUT2D eigenvalue weighted by Gasteiger charge is -1.84. The van der Waals surface area contributed by atoms with Gasteiger partial charge in [0.05, 0.1) is 0 Å². The molecular formula is C6H4N3. The maximum Gasteiger partial charge on any atom is 0.155 e. The molecule has 0 aliphatic carbocycles. The van der Waals surface area contributed by atoms with Crippen LogP contribution in [0.4, 0.5) is 0 Å². The van der Waals surface area contributed by atoms with Crippen molar-refractivity contribution in [1.82, 2.24) is 14.6 Å². The quantitative estimate of drug-likeness (QED) is 0.505. The fourth-order valence-electron chi connectivity index (χ4n) is 0.713. The molecule has 2 heterocycles. The lowest BCUT2D eigenvalue weighted by molar-refractivity contribution is 0.961. The molecule has 9 heavy (non-hydrogen) atoms. The molecular weight excluding hydrogens is 114 g/mol. The van der Waals surface area contributed by atoms with Gasteiger partial charge in [0.25, 0.3) is 0 Å². The first-order chi connectivity index (χ1) is 4.47. The Hall–Kier alpha value is -1.38. The van der Waals surface area contributed by atoms with Crippen molar-refractivity contribution in [2.75, 3.05) is 0 Å². The first-order valence-electron chi connectivity index (χ1n) is 2.62. The minimum absolute atomic E-state index is 0.831. The summed E-state index contributed by atoms with van der Waals surface area (Å²) in [4.78, 5) is 3.94. The third kappa shape index (κ3) is 0.579. The van der Waals surface area contributed by atoms with Crippen molar-refractivity contribution < 1.29 is 0 Å². The Morgan fingerprint density at radius 2 is 2.56 bits per heavy atom. The van der Waals surface area contributed by atoms with Gasteiger partial charge in [-0.3, -0.25) is 0 Å². The van der Waals surface area contributed by atoms with Crippen molar-refractivity contribution in [2.45, 2.75) is 0 Å². The summed E-state index contributed by atoms with van der Waals surface area (Å²) in [5.74, 6) is 0. The molecule has 0 aliphatic heterocycles. The highest BCUT2D eigenvalue weighted by Crippen LogP contribution is 1.92. The van der Waals surface area contributed by atoms with Crippen LogP contribution in [0.3, 0.4) is 0 Å². The van der Waals surface area contributed by atoms with Crippen molar-refractivity contribution in [2.24, 2.45) is 0 Å². The van der Waals surface area contributed by atoms with E-state index in [1.54, 1.807) is 16.6 Å². The van der Waals surface area contributed by atoms with Crippen molar-refractivity contribution in [3.05, 3.63) is 30.7 Å². The monoisotopic (exact) mass is 118 g/mol. The molecule has 0 atom stereocenters. The Kier molecular flexibility index (Phi) is 0.773. The van der Waals surface area contributed by atoms with Gasteiger partial charge in [0.1, 0.15) is 6.33 Å². The molecule has 43 valence electrons. The van der Waals surface area contributed by atoms with Crippen molar-refractivity contribution in [1.29, 1.82) is 0 Å². The van der Waals surface area contributed by atoms with Gasteiger partial charge in [0.2, 0.25) is 0 Å². The van der Waals surface area contributed by atoms with Crippen LogP contribution in [-0.4, -0.2) is 14.6 Å². The summed E-state index contributed by atoms with van der Waals surface area (Å²) < 4.78 is 1.69. The zero-order valence-electron chi connectivity index (χ0n) is 4.65. The molecule has 2 aromatic heterocycles. The second-order valence-corrected chi connectivity index (χ2v) is 1.69. The highest BCUT2D eigenvalue weighted by Gasteiger charge is 1.87. The SMILES string of the molecule is [c]1ccn2ncnc2c1. The average Bonchev–Trinajstić information content (AvgIpc) is 2.33. The van der Waals surface area contributed by atoms with Gasteiger partial charge in [-0.15, -0.1) is 0 Å². The Morgan fingerprint density at radius 3 is 3.44 bits per heavy atom. The van der Waals surface area contributed by atoms with Gasteiger partial charge in [-0.25, -0.2) is 9.50 Å². The molecule has 0 saturated carbocycles. The van der Waals surface area contributed by atoms with E-state index in [4.69, 9.17) is 0 Å². The Morgan fingerprint density at radius 1 is 1.56 bits per heavy atom. The minimum atomic E-state index is 0.831. The van der Waals surface area contributed by atoms with Crippen LogP contribution in [0.1, 0.15) is 0 Å². The standard InChI is InChI=1S/C6H4N3/c1-2-4-9-6(3-1)7-5-8-9/h2-5H. The summed E-state index contributed by atoms with van der Waals surface area (Å²) in [5, 5.41) is 3.90. The maximum absolute atomic E-state index is 3.94. The first-order valence-corrected chi connectivity index (χ1v) is 2.62. The van der Waals surface area contributed by atoms with E-state index in [1.807, 2.05) is 6.20 Å². The Bertz CT molecular complexity index is 282. The fraction of sp³-hybridized carbons (Fsp3) is 0. The van der Waals surface area contributed by atoms with Gasteiger partial charge in [-0.1, -0.05) is 0 Å². The largest absolute Gasteiger partial charge is 0.221 e. The van der Waals surface area contributed by atoms with Crippen LogP contribution in [0.25, 0.3) is 5.65 Å². The zero-order valence-corrected chi connectivity index (χ0v) is 4.65. The summed E-state index contributed by atoms with van der Waals surface area (Å²) in [5.41, 5.74) is 0.831. The fourth-order valence-corrected chi connectivity index (χ4v) is 0.713. The third-order valence-corrected chi connectivity index (χ3v) is 1.13. The molecule has 0 N–H and O–H groups in total. The Labute approximate surface area is 52.0 Å². The van der Waals surface area contributed by atoms with E-state index in [9.17, 15) is 0 Å². The van der Waals surface area contributed by atoms with E-state index >= 15 is 0 Å². The lowest BCUT2D eigenvalue weighted by Crippen LogP contribution is -1.82. The van der Waals surface area contributed by atoms with Crippen LogP contribution in [0.5, 0.6) is 0 Å². The normalized spacial score (nSPS) is 10.2. The van der Waals surface area contributed by atoms with Crippen molar-refractivity contribution >= 4 is 5.65 Å². The van der Waals surface area contributed by atoms with Crippen molar-refractivity contribution in [3.63, 3.8) is 0 Å². The molecule has 0 aromatic carbocycles. The van der Waals surface area contributed by atoms with Crippen LogP contribution in [-0.2, 0) is 0 Å². The summed E-state index contributed by atoms with van der Waals surface area (Å²) in [6, 6.07) is 6.48. The minimum Gasteiger partial charge on any atom is -0.221 e. The molecule has 0 unspecified atom stereocenters. The molecule has 3 nitrogen and oxygen atoms in total. The topological polar surface area (TPSA) is 30.2 Å². The molecule has 0 bridgehead atoms. The first kappa shape index (κ1) is 4.49. The highest BCUT2D eigenvalue weighted by molar-refractivity contribution is 5.33. The molecule has 0 aliphatic rings. The summed E-state index contributed by atoms with van der Waals surface area (Å²) in [6.07, 6.45) is 3.32. The van der Waals surface area contributed by atoms with Crippen LogP contribution in [0.15, 0.2) is 24.7 Å². The van der Waals surface area contributed by atoms with Crippen LogP contribution >= 0.6 is 0 Å². The number of rotatable bonds is 0. The second-order valence-electron chi connectivity index (χ2n) is 1.69. The van der Waals surface area contributed by atoms with E-state index in [0.717, 1.165) is 5.65 Å². The number of aromatic nitrogens is 3. The predicted octanol–water partition coefficient (Wildman–Crippen LogP) is 0.529. The Balaban J connectivity index is 2.95. The number of nitrogens with zero attached hydrogens (tertiary/aromatic N) is 3. The number of pyridine rings is 1. The molecule has 1 radical (unpaired) electrons. The zero-order chi connectivity index (χ0) is 6.10. The van der Waals surface area contributed by atoms with E-state index < -0.39 is 0 Å². The van der Waals surface area contributed by atoms with E-state index in [-0.39, 0.29) is 0 Å². The molecule has 2 rings (SSSR count). The van der Waals surface area contributed by atoms with Gasteiger partial charge in [-0.2, -0.15) is 5.10 Å². The molecule has 0 amide bonds. The second kappa shape index (κ2) is 1.55.